The molecule has 0 saturated heterocycles. The molecule has 0 saturated carbocycles. The van der Waals surface area contributed by atoms with Gasteiger partial charge >= 0.3 is 11.9 Å². The molecular formula is C12H22O4. The van der Waals surface area contributed by atoms with Crippen molar-refractivity contribution < 1.29 is 19.7 Å². The Morgan fingerprint density at radius 2 is 1.81 bits per heavy atom. The number of ether oxygens (including phenoxy) is 1. The van der Waals surface area contributed by atoms with Gasteiger partial charge in [-0.25, -0.2) is 4.79 Å². The lowest BCUT2D eigenvalue weighted by Gasteiger charge is -2.21. The first kappa shape index (κ1) is 15.1. The molecule has 0 bridgehead atoms. The Morgan fingerprint density at radius 1 is 1.25 bits per heavy atom. The Hall–Kier alpha value is -0.870. The van der Waals surface area contributed by atoms with Crippen LogP contribution in [-0.4, -0.2) is 22.2 Å². The van der Waals surface area contributed by atoms with Crippen molar-refractivity contribution in [2.75, 3.05) is 0 Å². The zero-order valence-electron chi connectivity index (χ0n) is 10.2. The van der Waals surface area contributed by atoms with Crippen LogP contribution in [0.4, 0.5) is 0 Å². The molecule has 4 heteroatoms. The van der Waals surface area contributed by atoms with E-state index in [9.17, 15) is 15.0 Å². The second kappa shape index (κ2) is 7.41. The number of aliphatic hydroxyl groups is 2. The van der Waals surface area contributed by atoms with Crippen LogP contribution in [0.5, 0.6) is 0 Å². The molecule has 0 aliphatic rings. The molecule has 0 atom stereocenters. The van der Waals surface area contributed by atoms with Gasteiger partial charge in [-0.2, -0.15) is 0 Å². The molecule has 4 nitrogen and oxygen atoms in total. The van der Waals surface area contributed by atoms with Gasteiger partial charge in [0, 0.05) is 12.0 Å². The highest BCUT2D eigenvalue weighted by molar-refractivity contribution is 5.87. The van der Waals surface area contributed by atoms with Gasteiger partial charge in [0.15, 0.2) is 0 Å². The topological polar surface area (TPSA) is 66.8 Å². The Labute approximate surface area is 96.9 Å². The van der Waals surface area contributed by atoms with Crippen LogP contribution in [0.1, 0.15) is 52.4 Å². The Bertz CT molecular complexity index is 233. The van der Waals surface area contributed by atoms with E-state index in [0.29, 0.717) is 6.42 Å². The van der Waals surface area contributed by atoms with Crippen LogP contribution in [0, 0.1) is 0 Å². The van der Waals surface area contributed by atoms with E-state index in [4.69, 9.17) is 0 Å². The van der Waals surface area contributed by atoms with Crippen LogP contribution >= 0.6 is 0 Å². The van der Waals surface area contributed by atoms with E-state index in [2.05, 4.69) is 18.2 Å². The first-order chi connectivity index (χ1) is 7.39. The first-order valence-corrected chi connectivity index (χ1v) is 5.72. The molecule has 0 unspecified atom stereocenters. The fourth-order valence-corrected chi connectivity index (χ4v) is 1.25. The third kappa shape index (κ3) is 7.43. The lowest BCUT2D eigenvalue weighted by molar-refractivity contribution is -0.320. The van der Waals surface area contributed by atoms with Crippen LogP contribution in [0.2, 0.25) is 0 Å². The van der Waals surface area contributed by atoms with Crippen molar-refractivity contribution in [1.29, 1.82) is 0 Å². The monoisotopic (exact) mass is 230 g/mol. The summed E-state index contributed by atoms with van der Waals surface area (Å²) in [6.07, 6.45) is 4.89. The molecule has 0 heterocycles. The van der Waals surface area contributed by atoms with Crippen LogP contribution in [0.25, 0.3) is 0 Å². The minimum atomic E-state index is -2.36. The number of hydrogen-bond acceptors (Lipinski definition) is 4. The first-order valence-electron chi connectivity index (χ1n) is 5.72. The molecule has 0 spiro atoms. The summed E-state index contributed by atoms with van der Waals surface area (Å²) >= 11 is 0. The summed E-state index contributed by atoms with van der Waals surface area (Å²) in [6.45, 7) is 6.93. The molecule has 2 N–H and O–H groups in total. The summed E-state index contributed by atoms with van der Waals surface area (Å²) in [5.74, 6) is -3.14. The molecular weight excluding hydrogens is 208 g/mol. The van der Waals surface area contributed by atoms with Crippen molar-refractivity contribution in [3.8, 4) is 0 Å². The van der Waals surface area contributed by atoms with Crippen molar-refractivity contribution in [1.82, 2.24) is 0 Å². The van der Waals surface area contributed by atoms with Gasteiger partial charge < -0.3 is 14.9 Å². The largest absolute Gasteiger partial charge is 0.405 e. The van der Waals surface area contributed by atoms with Gasteiger partial charge in [0.25, 0.3) is 0 Å². The van der Waals surface area contributed by atoms with E-state index in [1.165, 1.54) is 6.92 Å². The quantitative estimate of drug-likeness (QED) is 0.290. The maximum atomic E-state index is 11.1. The average molecular weight is 230 g/mol. The lowest BCUT2D eigenvalue weighted by Crippen LogP contribution is -2.34. The zero-order chi connectivity index (χ0) is 12.6. The summed E-state index contributed by atoms with van der Waals surface area (Å²) in [6, 6.07) is 0. The molecule has 0 aromatic rings. The second-order valence-electron chi connectivity index (χ2n) is 4.08. The van der Waals surface area contributed by atoms with Gasteiger partial charge in [-0.3, -0.25) is 0 Å². The van der Waals surface area contributed by atoms with Gasteiger partial charge in [-0.1, -0.05) is 39.2 Å². The molecule has 0 amide bonds. The van der Waals surface area contributed by atoms with E-state index < -0.39 is 11.9 Å². The molecule has 0 aliphatic carbocycles. The van der Waals surface area contributed by atoms with Gasteiger partial charge in [0.1, 0.15) is 0 Å². The number of rotatable bonds is 8. The summed E-state index contributed by atoms with van der Waals surface area (Å²) in [5, 5.41) is 18.7. The number of hydrogen-bond donors (Lipinski definition) is 2. The van der Waals surface area contributed by atoms with E-state index in [0.717, 1.165) is 25.7 Å². The normalized spacial score (nSPS) is 11.2. The highest BCUT2D eigenvalue weighted by atomic mass is 16.8. The Balaban J connectivity index is 3.78. The van der Waals surface area contributed by atoms with Gasteiger partial charge in [-0.15, -0.1) is 0 Å². The third-order valence-corrected chi connectivity index (χ3v) is 2.21. The maximum absolute atomic E-state index is 11.1. The SMILES string of the molecule is C=C(C)C(=O)OC(O)(O)CCCCCCC. The molecule has 0 aromatic carbocycles. The lowest BCUT2D eigenvalue weighted by atomic mass is 10.1. The molecule has 0 aromatic heterocycles. The van der Waals surface area contributed by atoms with E-state index in [-0.39, 0.29) is 12.0 Å². The summed E-state index contributed by atoms with van der Waals surface area (Å²) < 4.78 is 4.48. The van der Waals surface area contributed by atoms with Crippen LogP contribution < -0.4 is 0 Å². The highest BCUT2D eigenvalue weighted by Crippen LogP contribution is 2.16. The van der Waals surface area contributed by atoms with Gasteiger partial charge in [-0.05, 0) is 13.3 Å². The smallest absolute Gasteiger partial charge is 0.337 e. The number of carbonyl (C=O) groups excluding carboxylic acids is 1. The second-order valence-corrected chi connectivity index (χ2v) is 4.08. The molecule has 0 radical (unpaired) electrons. The predicted octanol–water partition coefficient (Wildman–Crippen LogP) is 2.10. The number of carbonyl (C=O) groups is 1. The number of esters is 1. The van der Waals surface area contributed by atoms with E-state index in [1.807, 2.05) is 0 Å². The fraction of sp³-hybridized carbons (Fsp3) is 0.750. The molecule has 16 heavy (non-hydrogen) atoms. The van der Waals surface area contributed by atoms with Crippen molar-refractivity contribution in [2.24, 2.45) is 0 Å². The van der Waals surface area contributed by atoms with Crippen LogP contribution in [0.3, 0.4) is 0 Å². The zero-order valence-corrected chi connectivity index (χ0v) is 10.2. The molecule has 0 aliphatic heterocycles. The van der Waals surface area contributed by atoms with Crippen molar-refractivity contribution in [3.63, 3.8) is 0 Å². The van der Waals surface area contributed by atoms with Crippen LogP contribution in [0.15, 0.2) is 12.2 Å². The molecule has 0 rings (SSSR count). The average Bonchev–Trinajstić information content (AvgIpc) is 2.16. The Kier molecular flexibility index (Phi) is 7.01. The van der Waals surface area contributed by atoms with Gasteiger partial charge in [0.05, 0.1) is 0 Å². The van der Waals surface area contributed by atoms with Crippen molar-refractivity contribution in [3.05, 3.63) is 12.2 Å². The summed E-state index contributed by atoms with van der Waals surface area (Å²) in [4.78, 5) is 11.1. The summed E-state index contributed by atoms with van der Waals surface area (Å²) in [5.41, 5.74) is 0.151. The standard InChI is InChI=1S/C12H22O4/c1-4-5-6-7-8-9-12(14,15)16-11(13)10(2)3/h14-15H,2,4-9H2,1,3H3. The van der Waals surface area contributed by atoms with E-state index >= 15 is 0 Å². The minimum absolute atomic E-state index is 0.0374. The number of unbranched alkanes of at least 4 members (excludes halogenated alkanes) is 4. The van der Waals surface area contributed by atoms with Crippen molar-refractivity contribution in [2.45, 2.75) is 58.3 Å². The summed E-state index contributed by atoms with van der Waals surface area (Å²) in [7, 11) is 0. The highest BCUT2D eigenvalue weighted by Gasteiger charge is 2.27. The van der Waals surface area contributed by atoms with Crippen molar-refractivity contribution >= 4 is 5.97 Å². The third-order valence-electron chi connectivity index (χ3n) is 2.21. The minimum Gasteiger partial charge on any atom is -0.405 e. The molecule has 0 fully saturated rings. The fourth-order valence-electron chi connectivity index (χ4n) is 1.25. The molecule has 94 valence electrons. The van der Waals surface area contributed by atoms with Gasteiger partial charge in [0.2, 0.25) is 0 Å². The maximum Gasteiger partial charge on any atom is 0.337 e. The Morgan fingerprint density at radius 3 is 2.31 bits per heavy atom. The van der Waals surface area contributed by atoms with E-state index in [1.54, 1.807) is 0 Å². The predicted molar refractivity (Wildman–Crippen MR) is 61.5 cm³/mol. The van der Waals surface area contributed by atoms with Crippen LogP contribution in [-0.2, 0) is 9.53 Å².